The maximum atomic E-state index is 11.7. The molecular formula is C8H5ClN2OS2. The van der Waals surface area contributed by atoms with E-state index in [0.29, 0.717) is 15.6 Å². The number of hydrogen-bond acceptors (Lipinski definition) is 5. The lowest BCUT2D eigenvalue weighted by molar-refractivity contribution is 0.0996. The molecule has 0 fully saturated rings. The average molecular weight is 245 g/mol. The largest absolute Gasteiger partial charge is 0.293 e. The smallest absolute Gasteiger partial charge is 0.180 e. The van der Waals surface area contributed by atoms with E-state index in [1.807, 2.05) is 0 Å². The van der Waals surface area contributed by atoms with E-state index >= 15 is 0 Å². The summed E-state index contributed by atoms with van der Waals surface area (Å²) in [6, 6.07) is 1.72. The molecule has 2 rings (SSSR count). The van der Waals surface area contributed by atoms with Gasteiger partial charge in [-0.1, -0.05) is 16.1 Å². The normalized spacial score (nSPS) is 10.4. The van der Waals surface area contributed by atoms with Crippen molar-refractivity contribution < 1.29 is 4.79 Å². The fraction of sp³-hybridized carbons (Fsp3) is 0.125. The van der Waals surface area contributed by atoms with Crippen molar-refractivity contribution in [3.8, 4) is 0 Å². The topological polar surface area (TPSA) is 42.9 Å². The minimum atomic E-state index is -0.00213. The van der Waals surface area contributed by atoms with E-state index in [9.17, 15) is 4.79 Å². The first-order chi connectivity index (χ1) is 6.77. The Balaban J connectivity index is 2.14. The van der Waals surface area contributed by atoms with Crippen molar-refractivity contribution in [2.24, 2.45) is 0 Å². The lowest BCUT2D eigenvalue weighted by atomic mass is 10.2. The number of rotatable bonds is 3. The molecule has 0 N–H and O–H groups in total. The maximum Gasteiger partial charge on any atom is 0.180 e. The van der Waals surface area contributed by atoms with Gasteiger partial charge in [-0.3, -0.25) is 4.79 Å². The van der Waals surface area contributed by atoms with Crippen LogP contribution in [0.1, 0.15) is 15.4 Å². The molecule has 0 aliphatic carbocycles. The first-order valence-corrected chi connectivity index (χ1v) is 5.89. The van der Waals surface area contributed by atoms with Gasteiger partial charge in [0.1, 0.15) is 0 Å². The molecule has 0 radical (unpaired) electrons. The molecule has 2 aromatic rings. The molecule has 72 valence electrons. The number of thiophene rings is 1. The van der Waals surface area contributed by atoms with Crippen LogP contribution in [0.5, 0.6) is 0 Å². The van der Waals surface area contributed by atoms with Crippen LogP contribution in [-0.4, -0.2) is 15.4 Å². The summed E-state index contributed by atoms with van der Waals surface area (Å²) in [4.78, 5) is 12.3. The predicted octanol–water partition coefficient (Wildman–Crippen LogP) is 2.68. The van der Waals surface area contributed by atoms with Gasteiger partial charge in [-0.25, -0.2) is 0 Å². The van der Waals surface area contributed by atoms with Crippen LogP contribution in [0.4, 0.5) is 0 Å². The third-order valence-corrected chi connectivity index (χ3v) is 3.55. The molecule has 14 heavy (non-hydrogen) atoms. The maximum absolute atomic E-state index is 11.7. The zero-order chi connectivity index (χ0) is 9.97. The highest BCUT2D eigenvalue weighted by Crippen LogP contribution is 2.23. The summed E-state index contributed by atoms with van der Waals surface area (Å²) in [5.41, 5.74) is 0.699. The number of ketones is 1. The number of carbonyl (C=O) groups excluding carboxylic acids is 1. The lowest BCUT2D eigenvalue weighted by Crippen LogP contribution is -2.02. The fourth-order valence-corrected chi connectivity index (χ4v) is 2.55. The second-order valence-corrected chi connectivity index (χ2v) is 4.53. The zero-order valence-electron chi connectivity index (χ0n) is 6.94. The molecule has 6 heteroatoms. The zero-order valence-corrected chi connectivity index (χ0v) is 9.33. The van der Waals surface area contributed by atoms with Crippen LogP contribution >= 0.6 is 34.5 Å². The van der Waals surface area contributed by atoms with Crippen LogP contribution in [0.2, 0.25) is 5.02 Å². The van der Waals surface area contributed by atoms with Crippen molar-refractivity contribution in [2.45, 2.75) is 6.42 Å². The Bertz CT molecular complexity index is 438. The van der Waals surface area contributed by atoms with Crippen LogP contribution in [0.25, 0.3) is 0 Å². The molecule has 0 atom stereocenters. The molecule has 0 aliphatic rings. The molecule has 3 nitrogen and oxygen atoms in total. The van der Waals surface area contributed by atoms with Gasteiger partial charge in [0.15, 0.2) is 5.78 Å². The Morgan fingerprint density at radius 2 is 2.43 bits per heavy atom. The number of Topliss-reactive ketones (excluding diaryl/α,β-unsaturated/α-hetero) is 1. The Hall–Kier alpha value is -0.780. The van der Waals surface area contributed by atoms with Crippen molar-refractivity contribution in [1.82, 2.24) is 9.59 Å². The van der Waals surface area contributed by atoms with Gasteiger partial charge in [0.05, 0.1) is 22.0 Å². The van der Waals surface area contributed by atoms with Gasteiger partial charge in [0.2, 0.25) is 0 Å². The van der Waals surface area contributed by atoms with Gasteiger partial charge in [0.25, 0.3) is 0 Å². The number of nitrogens with zero attached hydrogens (tertiary/aromatic N) is 2. The van der Waals surface area contributed by atoms with Crippen LogP contribution in [0.3, 0.4) is 0 Å². The monoisotopic (exact) mass is 244 g/mol. The molecule has 0 aromatic carbocycles. The van der Waals surface area contributed by atoms with Crippen molar-refractivity contribution >= 4 is 40.3 Å². The van der Waals surface area contributed by atoms with Crippen molar-refractivity contribution in [2.75, 3.05) is 0 Å². The van der Waals surface area contributed by atoms with Crippen molar-refractivity contribution in [3.63, 3.8) is 0 Å². The summed E-state index contributed by atoms with van der Waals surface area (Å²) in [5.74, 6) is -0.00213. The second-order valence-electron chi connectivity index (χ2n) is 2.59. The minimum Gasteiger partial charge on any atom is -0.293 e. The molecule has 0 bridgehead atoms. The van der Waals surface area contributed by atoms with E-state index in [1.165, 1.54) is 22.9 Å². The molecule has 0 saturated carbocycles. The molecule has 0 unspecified atom stereocenters. The van der Waals surface area contributed by atoms with Gasteiger partial charge in [-0.05, 0) is 23.0 Å². The number of carbonyl (C=O) groups is 1. The highest BCUT2D eigenvalue weighted by Gasteiger charge is 2.13. The van der Waals surface area contributed by atoms with Gasteiger partial charge < -0.3 is 0 Å². The van der Waals surface area contributed by atoms with Crippen molar-refractivity contribution in [3.05, 3.63) is 32.4 Å². The van der Waals surface area contributed by atoms with Crippen LogP contribution in [0, 0.1) is 0 Å². The highest BCUT2D eigenvalue weighted by atomic mass is 35.5. The van der Waals surface area contributed by atoms with Crippen molar-refractivity contribution in [1.29, 1.82) is 0 Å². The first kappa shape index (κ1) is 9.76. The predicted molar refractivity (Wildman–Crippen MR) is 57.3 cm³/mol. The van der Waals surface area contributed by atoms with E-state index in [2.05, 4.69) is 9.59 Å². The third-order valence-electron chi connectivity index (χ3n) is 1.62. The summed E-state index contributed by atoms with van der Waals surface area (Å²) in [6.07, 6.45) is 0.275. The molecule has 0 saturated heterocycles. The third kappa shape index (κ3) is 2.00. The first-order valence-electron chi connectivity index (χ1n) is 3.79. The molecule has 2 heterocycles. The number of halogens is 1. The molecule has 2 aromatic heterocycles. The second kappa shape index (κ2) is 4.16. The summed E-state index contributed by atoms with van der Waals surface area (Å²) in [5, 5.41) is 7.89. The van der Waals surface area contributed by atoms with Gasteiger partial charge in [-0.2, -0.15) is 0 Å². The summed E-state index contributed by atoms with van der Waals surface area (Å²) >= 11 is 8.42. The number of aromatic nitrogens is 2. The van der Waals surface area contributed by atoms with E-state index in [4.69, 9.17) is 11.6 Å². The highest BCUT2D eigenvalue weighted by molar-refractivity contribution is 7.12. The molecule has 0 aliphatic heterocycles. The molecular weight excluding hydrogens is 240 g/mol. The van der Waals surface area contributed by atoms with E-state index in [0.717, 1.165) is 0 Å². The Morgan fingerprint density at radius 3 is 3.00 bits per heavy atom. The quantitative estimate of drug-likeness (QED) is 0.780. The lowest BCUT2D eigenvalue weighted by Gasteiger charge is -1.94. The van der Waals surface area contributed by atoms with Crippen LogP contribution in [0.15, 0.2) is 16.8 Å². The Morgan fingerprint density at radius 1 is 1.57 bits per heavy atom. The summed E-state index contributed by atoms with van der Waals surface area (Å²) in [6.45, 7) is 0. The van der Waals surface area contributed by atoms with Gasteiger partial charge in [-0.15, -0.1) is 16.4 Å². The van der Waals surface area contributed by atoms with Crippen LogP contribution in [-0.2, 0) is 6.42 Å². The van der Waals surface area contributed by atoms with Gasteiger partial charge >= 0.3 is 0 Å². The van der Waals surface area contributed by atoms with Gasteiger partial charge in [0, 0.05) is 5.38 Å². The average Bonchev–Trinajstić information content (AvgIpc) is 2.75. The SMILES string of the molecule is O=C(Cc1csnn1)c1sccc1Cl. The Kier molecular flexibility index (Phi) is 2.90. The number of hydrogen-bond donors (Lipinski definition) is 0. The fourth-order valence-electron chi connectivity index (χ4n) is 0.998. The van der Waals surface area contributed by atoms with E-state index < -0.39 is 0 Å². The minimum absolute atomic E-state index is 0.00213. The summed E-state index contributed by atoms with van der Waals surface area (Å²) in [7, 11) is 0. The Labute approximate surface area is 93.5 Å². The molecule has 0 spiro atoms. The van der Waals surface area contributed by atoms with E-state index in [-0.39, 0.29) is 12.2 Å². The van der Waals surface area contributed by atoms with E-state index in [1.54, 1.807) is 16.8 Å². The standard InChI is InChI=1S/C8H5ClN2OS2/c9-6-1-2-13-8(6)7(12)3-5-4-14-11-10-5/h1-2,4H,3H2. The van der Waals surface area contributed by atoms with Crippen LogP contribution < -0.4 is 0 Å². The molecule has 0 amide bonds. The summed E-state index contributed by atoms with van der Waals surface area (Å²) < 4.78 is 3.69.